The van der Waals surface area contributed by atoms with Crippen LogP contribution in [-0.4, -0.2) is 10.3 Å². The van der Waals surface area contributed by atoms with Crippen LogP contribution in [0.5, 0.6) is 0 Å². The van der Waals surface area contributed by atoms with Crippen molar-refractivity contribution < 1.29 is 0 Å². The van der Waals surface area contributed by atoms with E-state index in [9.17, 15) is 0 Å². The molecule has 0 radical (unpaired) electrons. The van der Waals surface area contributed by atoms with Crippen LogP contribution in [0.4, 0.5) is 0 Å². The van der Waals surface area contributed by atoms with Gasteiger partial charge in [0.2, 0.25) is 0 Å². The second kappa shape index (κ2) is 15.3. The number of benzene rings is 8. The fraction of sp³-hybridized carbons (Fsp3) is 0.0536. The highest BCUT2D eigenvalue weighted by atomic mass is 15.0. The second-order valence-corrected chi connectivity index (χ2v) is 15.0. The van der Waals surface area contributed by atoms with E-state index in [-0.39, 0.29) is 5.41 Å². The van der Waals surface area contributed by atoms with Gasteiger partial charge in [-0.2, -0.15) is 0 Å². The molecule has 0 saturated heterocycles. The molecule has 0 fully saturated rings. The van der Waals surface area contributed by atoms with Crippen LogP contribution in [0.25, 0.3) is 49.9 Å². The molecule has 278 valence electrons. The molecule has 0 atom stereocenters. The third-order valence-electron chi connectivity index (χ3n) is 11.5. The summed E-state index contributed by atoms with van der Waals surface area (Å²) in [6.07, 6.45) is 0. The first-order valence-corrected chi connectivity index (χ1v) is 19.9. The Morgan fingerprint density at radius 1 is 0.466 bits per heavy atom. The van der Waals surface area contributed by atoms with Gasteiger partial charge in [-0.25, -0.2) is 0 Å². The van der Waals surface area contributed by atoms with Crippen molar-refractivity contribution >= 4 is 38.8 Å². The van der Waals surface area contributed by atoms with Crippen molar-refractivity contribution in [3.63, 3.8) is 0 Å². The van der Waals surface area contributed by atoms with Crippen LogP contribution in [0.3, 0.4) is 0 Å². The molecule has 0 unspecified atom stereocenters. The van der Waals surface area contributed by atoms with Crippen LogP contribution in [0.2, 0.25) is 0 Å². The summed E-state index contributed by atoms with van der Waals surface area (Å²) in [5.41, 5.74) is 17.4. The van der Waals surface area contributed by atoms with Gasteiger partial charge in [-0.15, -0.1) is 0 Å². The molecule has 9 aromatic rings. The van der Waals surface area contributed by atoms with Gasteiger partial charge in [0, 0.05) is 22.2 Å². The van der Waals surface area contributed by atoms with Gasteiger partial charge >= 0.3 is 0 Å². The topological polar surface area (TPSA) is 17.3 Å². The maximum Gasteiger partial charge on any atom is 0.0713 e. The van der Waals surface area contributed by atoms with E-state index in [1.807, 2.05) is 37.3 Å². The number of rotatable bonds is 7. The van der Waals surface area contributed by atoms with E-state index in [4.69, 9.17) is 4.99 Å². The molecule has 0 saturated carbocycles. The molecule has 10 rings (SSSR count). The standard InChI is InChI=1S/C28H22N2.C28H22/c1-20(22-10-4-3-5-11-22)29-21(2)23-16-18-24(19-17-23)30-27-14-8-6-12-25(27)26-13-7-9-15-28(26)30;1-20(2)23-17-11-19-26-27(23)24-16-9-10-18-25(24)28(26,21-12-5-3-6-13-21)22-14-7-4-8-15-22/h3-19H,1H2,2H3;3-19H,1H2,2H3. The minimum absolute atomic E-state index is 0.320. The summed E-state index contributed by atoms with van der Waals surface area (Å²) in [7, 11) is 0. The molecule has 0 spiro atoms. The summed E-state index contributed by atoms with van der Waals surface area (Å²) in [6, 6.07) is 73.1. The van der Waals surface area contributed by atoms with Crippen molar-refractivity contribution in [2.45, 2.75) is 19.3 Å². The first-order chi connectivity index (χ1) is 28.5. The Morgan fingerprint density at radius 3 is 1.55 bits per heavy atom. The van der Waals surface area contributed by atoms with Gasteiger partial charge in [0.25, 0.3) is 0 Å². The zero-order valence-corrected chi connectivity index (χ0v) is 32.9. The quantitative estimate of drug-likeness (QED) is 0.145. The molecule has 0 N–H and O–H groups in total. The summed E-state index contributed by atoms with van der Waals surface area (Å²) < 4.78 is 2.32. The lowest BCUT2D eigenvalue weighted by Gasteiger charge is -2.34. The average Bonchev–Trinajstić information content (AvgIpc) is 3.79. The maximum atomic E-state index is 4.73. The molecule has 1 aliphatic carbocycles. The Kier molecular flexibility index (Phi) is 9.61. The summed E-state index contributed by atoms with van der Waals surface area (Å²) >= 11 is 0. The van der Waals surface area contributed by atoms with Gasteiger partial charge in [-0.05, 0) is 88.2 Å². The minimum atomic E-state index is -0.320. The molecule has 1 heterocycles. The highest BCUT2D eigenvalue weighted by molar-refractivity contribution is 6.09. The lowest BCUT2D eigenvalue weighted by molar-refractivity contribution is 0.768. The zero-order chi connectivity index (χ0) is 39.6. The summed E-state index contributed by atoms with van der Waals surface area (Å²) in [5.74, 6) is 0. The van der Waals surface area contributed by atoms with E-state index in [0.717, 1.165) is 33.8 Å². The van der Waals surface area contributed by atoms with E-state index in [0.29, 0.717) is 0 Å². The van der Waals surface area contributed by atoms with Gasteiger partial charge in [-0.1, -0.05) is 201 Å². The molecule has 1 aliphatic rings. The first-order valence-electron chi connectivity index (χ1n) is 19.9. The largest absolute Gasteiger partial charge is 0.309 e. The molecular formula is C56H44N2. The summed E-state index contributed by atoms with van der Waals surface area (Å²) in [6.45, 7) is 12.5. The molecule has 0 amide bonds. The molecular weight excluding hydrogens is 701 g/mol. The third-order valence-corrected chi connectivity index (χ3v) is 11.5. The highest BCUT2D eigenvalue weighted by Crippen LogP contribution is 2.57. The van der Waals surface area contributed by atoms with Crippen LogP contribution in [-0.2, 0) is 5.41 Å². The maximum absolute atomic E-state index is 4.73. The van der Waals surface area contributed by atoms with Gasteiger partial charge in [0.05, 0.1) is 22.1 Å². The number of hydrogen-bond acceptors (Lipinski definition) is 1. The van der Waals surface area contributed by atoms with E-state index in [1.54, 1.807) is 0 Å². The molecule has 2 heteroatoms. The smallest absolute Gasteiger partial charge is 0.0713 e. The van der Waals surface area contributed by atoms with E-state index >= 15 is 0 Å². The molecule has 1 aromatic heterocycles. The Labute approximate surface area is 341 Å². The SMILES string of the molecule is C=C(C)c1cccc2c1-c1ccccc1C2(c1ccccc1)c1ccccc1.C=C(N=C(C)c1ccc(-n2c3ccccc3c3ccccc32)cc1)c1ccccc1. The van der Waals surface area contributed by atoms with Crippen LogP contribution >= 0.6 is 0 Å². The first kappa shape index (κ1) is 36.4. The number of fused-ring (bicyclic) bond motifs is 6. The van der Waals surface area contributed by atoms with E-state index < -0.39 is 0 Å². The van der Waals surface area contributed by atoms with Crippen molar-refractivity contribution in [3.8, 4) is 16.8 Å². The van der Waals surface area contributed by atoms with Gasteiger partial charge in [0.1, 0.15) is 0 Å². The van der Waals surface area contributed by atoms with E-state index in [2.05, 4.69) is 201 Å². The summed E-state index contributed by atoms with van der Waals surface area (Å²) in [5, 5.41) is 2.54. The molecule has 0 aliphatic heterocycles. The number of aromatic nitrogens is 1. The lowest BCUT2D eigenvalue weighted by Crippen LogP contribution is -2.28. The number of aliphatic imine (C=N–C) groups is 1. The minimum Gasteiger partial charge on any atom is -0.309 e. The van der Waals surface area contributed by atoms with Crippen molar-refractivity contribution in [1.82, 2.24) is 4.57 Å². The second-order valence-electron chi connectivity index (χ2n) is 15.0. The Bertz CT molecular complexity index is 2880. The predicted molar refractivity (Wildman–Crippen MR) is 247 cm³/mol. The van der Waals surface area contributed by atoms with E-state index in [1.165, 1.54) is 60.8 Å². The average molecular weight is 745 g/mol. The zero-order valence-electron chi connectivity index (χ0n) is 32.9. The number of para-hydroxylation sites is 2. The third kappa shape index (κ3) is 6.20. The monoisotopic (exact) mass is 744 g/mol. The Hall–Kier alpha value is -7.29. The Morgan fingerprint density at radius 2 is 0.966 bits per heavy atom. The van der Waals surface area contributed by atoms with Crippen molar-refractivity contribution in [1.29, 1.82) is 0 Å². The fourth-order valence-electron chi connectivity index (χ4n) is 8.86. The number of hydrogen-bond donors (Lipinski definition) is 0. The number of nitrogens with zero attached hydrogens (tertiary/aromatic N) is 2. The predicted octanol–water partition coefficient (Wildman–Crippen LogP) is 14.3. The normalized spacial score (nSPS) is 12.7. The fourth-order valence-corrected chi connectivity index (χ4v) is 8.86. The molecule has 58 heavy (non-hydrogen) atoms. The summed E-state index contributed by atoms with van der Waals surface area (Å²) in [4.78, 5) is 4.73. The molecule has 8 aromatic carbocycles. The van der Waals surface area contributed by atoms with Gasteiger partial charge in [-0.3, -0.25) is 4.99 Å². The van der Waals surface area contributed by atoms with Gasteiger partial charge in [0.15, 0.2) is 0 Å². The van der Waals surface area contributed by atoms with Crippen LogP contribution in [0, 0.1) is 0 Å². The van der Waals surface area contributed by atoms with Gasteiger partial charge < -0.3 is 4.57 Å². The van der Waals surface area contributed by atoms with Crippen LogP contribution in [0.1, 0.15) is 52.8 Å². The highest BCUT2D eigenvalue weighted by Gasteiger charge is 2.46. The van der Waals surface area contributed by atoms with Crippen LogP contribution < -0.4 is 0 Å². The van der Waals surface area contributed by atoms with Crippen molar-refractivity contribution in [2.24, 2.45) is 4.99 Å². The molecule has 2 nitrogen and oxygen atoms in total. The lowest BCUT2D eigenvalue weighted by atomic mass is 9.67. The van der Waals surface area contributed by atoms with Crippen molar-refractivity contribution in [3.05, 3.63) is 258 Å². The number of allylic oxidation sites excluding steroid dienone is 1. The van der Waals surface area contributed by atoms with Crippen molar-refractivity contribution in [2.75, 3.05) is 0 Å². The van der Waals surface area contributed by atoms with Crippen LogP contribution in [0.15, 0.2) is 224 Å². The molecule has 0 bridgehead atoms. The Balaban J connectivity index is 0.000000151.